The van der Waals surface area contributed by atoms with Gasteiger partial charge in [-0.3, -0.25) is 0 Å². The van der Waals surface area contributed by atoms with Gasteiger partial charge in [0.1, 0.15) is 0 Å². The van der Waals surface area contributed by atoms with Crippen LogP contribution < -0.4 is 5.32 Å². The maximum absolute atomic E-state index is 3.35. The Bertz CT molecular complexity index is 200. The molecule has 1 aliphatic carbocycles. The monoisotopic (exact) mass is 163 g/mol. The van der Waals surface area contributed by atoms with Gasteiger partial charge in [0, 0.05) is 31.9 Å². The van der Waals surface area contributed by atoms with E-state index in [4.69, 9.17) is 0 Å². The average molecular weight is 163 g/mol. The average Bonchev–Trinajstić information content (AvgIpc) is 2.21. The normalized spacial score (nSPS) is 24.0. The van der Waals surface area contributed by atoms with Crippen LogP contribution in [0.3, 0.4) is 0 Å². The first kappa shape index (κ1) is 7.87. The van der Waals surface area contributed by atoms with Gasteiger partial charge < -0.3 is 10.2 Å². The molecule has 1 aliphatic heterocycles. The van der Waals surface area contributed by atoms with Crippen LogP contribution in [0.15, 0.2) is 23.9 Å². The van der Waals surface area contributed by atoms with Crippen molar-refractivity contribution in [1.82, 2.24) is 10.2 Å². The number of rotatable bonds is 1. The van der Waals surface area contributed by atoms with Crippen molar-refractivity contribution in [2.24, 2.45) is 0 Å². The topological polar surface area (TPSA) is 15.3 Å². The summed E-state index contributed by atoms with van der Waals surface area (Å²) >= 11 is 0. The quantitative estimate of drug-likeness (QED) is 0.619. The highest BCUT2D eigenvalue weighted by Crippen LogP contribution is 2.13. The third kappa shape index (κ3) is 1.69. The van der Waals surface area contributed by atoms with Crippen LogP contribution in [0, 0.1) is 6.42 Å². The minimum Gasteiger partial charge on any atom is -0.369 e. The first-order valence-electron chi connectivity index (χ1n) is 4.62. The highest BCUT2D eigenvalue weighted by molar-refractivity contribution is 5.25. The van der Waals surface area contributed by atoms with E-state index in [-0.39, 0.29) is 0 Å². The minimum absolute atomic E-state index is 1.09. The Morgan fingerprint density at radius 1 is 1.25 bits per heavy atom. The maximum atomic E-state index is 3.35. The highest BCUT2D eigenvalue weighted by Gasteiger charge is 2.11. The summed E-state index contributed by atoms with van der Waals surface area (Å²) in [4.78, 5) is 2.44. The minimum atomic E-state index is 1.09. The number of nitrogens with one attached hydrogen (secondary N) is 1. The third-order valence-corrected chi connectivity index (χ3v) is 2.35. The molecule has 65 valence electrons. The van der Waals surface area contributed by atoms with Gasteiger partial charge in [0.25, 0.3) is 0 Å². The summed E-state index contributed by atoms with van der Waals surface area (Å²) in [7, 11) is 0. The Kier molecular flexibility index (Phi) is 2.47. The van der Waals surface area contributed by atoms with Gasteiger partial charge >= 0.3 is 0 Å². The molecule has 1 saturated heterocycles. The number of hydrogen-bond acceptors (Lipinski definition) is 2. The molecule has 2 aliphatic rings. The van der Waals surface area contributed by atoms with Crippen molar-refractivity contribution in [3.8, 4) is 0 Å². The van der Waals surface area contributed by atoms with Crippen LogP contribution in [0.4, 0.5) is 0 Å². The molecule has 2 rings (SSSR count). The van der Waals surface area contributed by atoms with Crippen LogP contribution in [0.1, 0.15) is 6.42 Å². The molecule has 0 unspecified atom stereocenters. The van der Waals surface area contributed by atoms with E-state index in [1.165, 1.54) is 5.70 Å². The van der Waals surface area contributed by atoms with E-state index >= 15 is 0 Å². The second-order valence-corrected chi connectivity index (χ2v) is 3.20. The lowest BCUT2D eigenvalue weighted by molar-refractivity contribution is 0.306. The Morgan fingerprint density at radius 3 is 2.75 bits per heavy atom. The van der Waals surface area contributed by atoms with Crippen molar-refractivity contribution in [2.75, 3.05) is 26.2 Å². The van der Waals surface area contributed by atoms with Crippen molar-refractivity contribution in [3.05, 3.63) is 30.3 Å². The summed E-state index contributed by atoms with van der Waals surface area (Å²) in [5.41, 5.74) is 1.40. The molecule has 1 heterocycles. The molecule has 0 aromatic heterocycles. The van der Waals surface area contributed by atoms with E-state index < -0.39 is 0 Å². The van der Waals surface area contributed by atoms with Crippen LogP contribution in [0.5, 0.6) is 0 Å². The molecular formula is C10H15N2. The van der Waals surface area contributed by atoms with Gasteiger partial charge in [0.15, 0.2) is 0 Å². The lowest BCUT2D eigenvalue weighted by atomic mass is 10.1. The van der Waals surface area contributed by atoms with E-state index in [9.17, 15) is 0 Å². The third-order valence-electron chi connectivity index (χ3n) is 2.35. The van der Waals surface area contributed by atoms with Gasteiger partial charge in [-0.25, -0.2) is 0 Å². The second-order valence-electron chi connectivity index (χ2n) is 3.20. The van der Waals surface area contributed by atoms with E-state index in [1.54, 1.807) is 0 Å². The van der Waals surface area contributed by atoms with Crippen molar-refractivity contribution in [1.29, 1.82) is 0 Å². The van der Waals surface area contributed by atoms with E-state index in [0.29, 0.717) is 0 Å². The predicted octanol–water partition coefficient (Wildman–Crippen LogP) is 0.940. The molecule has 0 aromatic rings. The maximum Gasteiger partial charge on any atom is 0.0323 e. The summed E-state index contributed by atoms with van der Waals surface area (Å²) in [5, 5.41) is 3.35. The van der Waals surface area contributed by atoms with E-state index in [2.05, 4.69) is 34.9 Å². The lowest BCUT2D eigenvalue weighted by Crippen LogP contribution is -2.42. The lowest BCUT2D eigenvalue weighted by Gasteiger charge is -2.31. The van der Waals surface area contributed by atoms with E-state index in [1.807, 2.05) is 0 Å². The Hall–Kier alpha value is -0.760. The molecule has 2 nitrogen and oxygen atoms in total. The van der Waals surface area contributed by atoms with Gasteiger partial charge in [-0.15, -0.1) is 0 Å². The summed E-state index contributed by atoms with van der Waals surface area (Å²) in [6, 6.07) is 0. The number of allylic oxidation sites excluding steroid dienone is 3. The molecule has 12 heavy (non-hydrogen) atoms. The molecule has 0 amide bonds. The summed E-state index contributed by atoms with van der Waals surface area (Å²) in [6.45, 7) is 4.54. The molecular weight excluding hydrogens is 148 g/mol. The molecule has 0 spiro atoms. The molecule has 0 saturated carbocycles. The van der Waals surface area contributed by atoms with Crippen molar-refractivity contribution in [3.63, 3.8) is 0 Å². The van der Waals surface area contributed by atoms with Gasteiger partial charge in [-0.1, -0.05) is 12.2 Å². The van der Waals surface area contributed by atoms with Crippen LogP contribution >= 0.6 is 0 Å². The van der Waals surface area contributed by atoms with E-state index in [0.717, 1.165) is 32.6 Å². The summed E-state index contributed by atoms with van der Waals surface area (Å²) in [6.07, 6.45) is 9.93. The molecule has 2 heteroatoms. The molecule has 0 atom stereocenters. The summed E-state index contributed by atoms with van der Waals surface area (Å²) < 4.78 is 0. The van der Waals surface area contributed by atoms with Crippen LogP contribution in [-0.2, 0) is 0 Å². The zero-order chi connectivity index (χ0) is 8.23. The Balaban J connectivity index is 1.97. The first-order chi connectivity index (χ1) is 5.97. The fourth-order valence-corrected chi connectivity index (χ4v) is 1.66. The fraction of sp³-hybridized carbons (Fsp3) is 0.500. The van der Waals surface area contributed by atoms with Crippen molar-refractivity contribution in [2.45, 2.75) is 6.42 Å². The molecule has 0 bridgehead atoms. The largest absolute Gasteiger partial charge is 0.369 e. The molecule has 0 aromatic carbocycles. The number of piperazine rings is 1. The zero-order valence-corrected chi connectivity index (χ0v) is 7.29. The SMILES string of the molecule is [CH]1C=CC(N2CCNCC2)=CC1. The Labute approximate surface area is 73.9 Å². The van der Waals surface area contributed by atoms with Crippen LogP contribution in [0.2, 0.25) is 0 Å². The highest BCUT2D eigenvalue weighted by atomic mass is 15.2. The van der Waals surface area contributed by atoms with Gasteiger partial charge in [-0.05, 0) is 18.9 Å². The van der Waals surface area contributed by atoms with Crippen LogP contribution in [-0.4, -0.2) is 31.1 Å². The number of nitrogens with zero attached hydrogens (tertiary/aromatic N) is 1. The van der Waals surface area contributed by atoms with Gasteiger partial charge in [0.05, 0.1) is 0 Å². The second kappa shape index (κ2) is 3.76. The molecule has 1 radical (unpaired) electrons. The predicted molar refractivity (Wildman–Crippen MR) is 50.6 cm³/mol. The Morgan fingerprint density at radius 2 is 2.08 bits per heavy atom. The zero-order valence-electron chi connectivity index (χ0n) is 7.29. The van der Waals surface area contributed by atoms with Crippen molar-refractivity contribution >= 4 is 0 Å². The molecule has 1 fully saturated rings. The standard InChI is InChI=1S/C10H15N2/c1-2-4-10(5-3-1)12-8-6-11-7-9-12/h1-2,4-5,11H,3,6-9H2. The van der Waals surface area contributed by atoms with Crippen LogP contribution in [0.25, 0.3) is 0 Å². The molecule has 1 N–H and O–H groups in total. The van der Waals surface area contributed by atoms with Crippen molar-refractivity contribution < 1.29 is 0 Å². The number of hydrogen-bond donors (Lipinski definition) is 1. The first-order valence-corrected chi connectivity index (χ1v) is 4.62. The smallest absolute Gasteiger partial charge is 0.0323 e. The fourth-order valence-electron chi connectivity index (χ4n) is 1.66. The van der Waals surface area contributed by atoms with Gasteiger partial charge in [-0.2, -0.15) is 0 Å². The van der Waals surface area contributed by atoms with Gasteiger partial charge in [0.2, 0.25) is 0 Å². The summed E-state index contributed by atoms with van der Waals surface area (Å²) in [5.74, 6) is 0.